The van der Waals surface area contributed by atoms with Crippen molar-refractivity contribution in [2.45, 2.75) is 39.8 Å². The summed E-state index contributed by atoms with van der Waals surface area (Å²) >= 11 is 17.9. The zero-order valence-electron chi connectivity index (χ0n) is 11.1. The first-order valence-electron chi connectivity index (χ1n) is 6.08. The lowest BCUT2D eigenvalue weighted by atomic mass is 9.85. The van der Waals surface area contributed by atoms with Crippen molar-refractivity contribution in [3.8, 4) is 0 Å². The lowest BCUT2D eigenvalue weighted by Gasteiger charge is -2.31. The first-order valence-corrected chi connectivity index (χ1v) is 7.37. The molecule has 1 aromatic rings. The number of halogens is 3. The van der Waals surface area contributed by atoms with E-state index in [1.54, 1.807) is 6.07 Å². The molecule has 18 heavy (non-hydrogen) atoms. The van der Waals surface area contributed by atoms with E-state index in [9.17, 15) is 0 Å². The molecule has 0 radical (unpaired) electrons. The molecule has 4 heteroatoms. The topological polar surface area (TPSA) is 12.0 Å². The largest absolute Gasteiger partial charge is 0.309 e. The SMILES string of the molecule is CC(C)(C)C(CCCl)NCc1ccc(Cl)cc1Cl. The molecular weight excluding hydrogens is 289 g/mol. The van der Waals surface area contributed by atoms with E-state index < -0.39 is 0 Å². The maximum atomic E-state index is 6.15. The third-order valence-electron chi connectivity index (χ3n) is 3.00. The quantitative estimate of drug-likeness (QED) is 0.744. The third kappa shape index (κ3) is 4.97. The molecule has 0 fully saturated rings. The minimum Gasteiger partial charge on any atom is -0.309 e. The maximum absolute atomic E-state index is 6.15. The molecule has 1 unspecified atom stereocenters. The van der Waals surface area contributed by atoms with E-state index >= 15 is 0 Å². The second-order valence-corrected chi connectivity index (χ2v) is 6.73. The van der Waals surface area contributed by atoms with Crippen LogP contribution in [-0.4, -0.2) is 11.9 Å². The van der Waals surface area contributed by atoms with Crippen molar-refractivity contribution < 1.29 is 0 Å². The molecule has 0 aliphatic heterocycles. The van der Waals surface area contributed by atoms with Crippen LogP contribution in [0.4, 0.5) is 0 Å². The van der Waals surface area contributed by atoms with Crippen LogP contribution >= 0.6 is 34.8 Å². The summed E-state index contributed by atoms with van der Waals surface area (Å²) in [4.78, 5) is 0. The molecular formula is C14H20Cl3N. The van der Waals surface area contributed by atoms with Crippen molar-refractivity contribution in [2.75, 3.05) is 5.88 Å². The van der Waals surface area contributed by atoms with Crippen molar-refractivity contribution in [3.63, 3.8) is 0 Å². The number of hydrogen-bond acceptors (Lipinski definition) is 1. The lowest BCUT2D eigenvalue weighted by Crippen LogP contribution is -2.40. The van der Waals surface area contributed by atoms with Gasteiger partial charge in [-0.1, -0.05) is 50.0 Å². The van der Waals surface area contributed by atoms with E-state index in [1.165, 1.54) is 0 Å². The smallest absolute Gasteiger partial charge is 0.0465 e. The van der Waals surface area contributed by atoms with E-state index in [2.05, 4.69) is 26.1 Å². The second-order valence-electron chi connectivity index (χ2n) is 5.51. The fourth-order valence-corrected chi connectivity index (χ4v) is 2.54. The van der Waals surface area contributed by atoms with Crippen molar-refractivity contribution in [1.29, 1.82) is 0 Å². The molecule has 1 N–H and O–H groups in total. The van der Waals surface area contributed by atoms with Gasteiger partial charge >= 0.3 is 0 Å². The average molecular weight is 309 g/mol. The summed E-state index contributed by atoms with van der Waals surface area (Å²) in [6.45, 7) is 7.36. The Hall–Kier alpha value is 0.0500. The fraction of sp³-hybridized carbons (Fsp3) is 0.571. The summed E-state index contributed by atoms with van der Waals surface area (Å²) in [6, 6.07) is 5.95. The normalized spacial score (nSPS) is 13.7. The van der Waals surface area contributed by atoms with Crippen molar-refractivity contribution in [3.05, 3.63) is 33.8 Å². The monoisotopic (exact) mass is 307 g/mol. The number of benzene rings is 1. The lowest BCUT2D eigenvalue weighted by molar-refractivity contribution is 0.260. The zero-order chi connectivity index (χ0) is 13.8. The van der Waals surface area contributed by atoms with Crippen LogP contribution in [-0.2, 0) is 6.54 Å². The van der Waals surface area contributed by atoms with Gasteiger partial charge in [0.2, 0.25) is 0 Å². The standard InChI is InChI=1S/C14H20Cl3N/c1-14(2,3)13(6-7-15)18-9-10-4-5-11(16)8-12(10)17/h4-5,8,13,18H,6-7,9H2,1-3H3. The van der Waals surface area contributed by atoms with Gasteiger partial charge < -0.3 is 5.32 Å². The Morgan fingerprint density at radius 1 is 1.22 bits per heavy atom. The van der Waals surface area contributed by atoms with E-state index in [4.69, 9.17) is 34.8 Å². The number of hydrogen-bond donors (Lipinski definition) is 1. The molecule has 0 aliphatic carbocycles. The van der Waals surface area contributed by atoms with Crippen molar-refractivity contribution in [2.24, 2.45) is 5.41 Å². The summed E-state index contributed by atoms with van der Waals surface area (Å²) < 4.78 is 0. The Kier molecular flexibility index (Phi) is 6.26. The molecule has 0 saturated heterocycles. The summed E-state index contributed by atoms with van der Waals surface area (Å²) in [5.41, 5.74) is 1.23. The predicted octanol–water partition coefficient (Wildman–Crippen LogP) is 5.13. The predicted molar refractivity (Wildman–Crippen MR) is 81.9 cm³/mol. The fourth-order valence-electron chi connectivity index (χ4n) is 1.85. The van der Waals surface area contributed by atoms with E-state index in [0.29, 0.717) is 22.0 Å². The van der Waals surface area contributed by atoms with Crippen LogP contribution in [0, 0.1) is 5.41 Å². The number of rotatable bonds is 5. The van der Waals surface area contributed by atoms with Gasteiger partial charge in [0.05, 0.1) is 0 Å². The highest BCUT2D eigenvalue weighted by atomic mass is 35.5. The van der Waals surface area contributed by atoms with Gasteiger partial charge in [0.15, 0.2) is 0 Å². The van der Waals surface area contributed by atoms with Gasteiger partial charge in [-0.05, 0) is 29.5 Å². The molecule has 1 nitrogen and oxygen atoms in total. The van der Waals surface area contributed by atoms with Crippen LogP contribution < -0.4 is 5.32 Å². The Bertz CT molecular complexity index is 385. The van der Waals surface area contributed by atoms with Crippen LogP contribution in [0.3, 0.4) is 0 Å². The molecule has 0 saturated carbocycles. The number of alkyl halides is 1. The van der Waals surface area contributed by atoms with Crippen LogP contribution in [0.15, 0.2) is 18.2 Å². The zero-order valence-corrected chi connectivity index (χ0v) is 13.3. The molecule has 1 atom stereocenters. The Morgan fingerprint density at radius 3 is 2.39 bits per heavy atom. The number of nitrogens with one attached hydrogen (secondary N) is 1. The molecule has 1 rings (SSSR count). The molecule has 0 spiro atoms. The van der Waals surface area contributed by atoms with Gasteiger partial charge in [0, 0.05) is 28.5 Å². The molecule has 1 aromatic carbocycles. The molecule has 0 aromatic heterocycles. The Balaban J connectivity index is 2.67. The van der Waals surface area contributed by atoms with E-state index in [1.807, 2.05) is 12.1 Å². The van der Waals surface area contributed by atoms with Crippen LogP contribution in [0.5, 0.6) is 0 Å². The third-order valence-corrected chi connectivity index (χ3v) is 3.80. The van der Waals surface area contributed by atoms with Crippen LogP contribution in [0.1, 0.15) is 32.8 Å². The molecule has 102 valence electrons. The maximum Gasteiger partial charge on any atom is 0.0465 e. The molecule has 0 amide bonds. The minimum atomic E-state index is 0.174. The van der Waals surface area contributed by atoms with E-state index in [-0.39, 0.29) is 5.41 Å². The Labute approximate surface area is 125 Å². The summed E-state index contributed by atoms with van der Waals surface area (Å²) in [5, 5.41) is 4.89. The Morgan fingerprint density at radius 2 is 1.89 bits per heavy atom. The van der Waals surface area contributed by atoms with Crippen LogP contribution in [0.25, 0.3) is 0 Å². The highest BCUT2D eigenvalue weighted by molar-refractivity contribution is 6.35. The van der Waals surface area contributed by atoms with E-state index in [0.717, 1.165) is 18.5 Å². The van der Waals surface area contributed by atoms with Gasteiger partial charge in [0.25, 0.3) is 0 Å². The van der Waals surface area contributed by atoms with Gasteiger partial charge in [-0.2, -0.15) is 0 Å². The molecule has 0 heterocycles. The highest BCUT2D eigenvalue weighted by Crippen LogP contribution is 2.25. The van der Waals surface area contributed by atoms with Crippen molar-refractivity contribution in [1.82, 2.24) is 5.32 Å². The van der Waals surface area contributed by atoms with Gasteiger partial charge in [-0.15, -0.1) is 11.6 Å². The van der Waals surface area contributed by atoms with Crippen molar-refractivity contribution >= 4 is 34.8 Å². The van der Waals surface area contributed by atoms with Gasteiger partial charge in [-0.25, -0.2) is 0 Å². The van der Waals surface area contributed by atoms with Gasteiger partial charge in [-0.3, -0.25) is 0 Å². The average Bonchev–Trinajstić information content (AvgIpc) is 2.24. The summed E-state index contributed by atoms with van der Waals surface area (Å²) in [5.74, 6) is 0.656. The molecule has 0 bridgehead atoms. The molecule has 0 aliphatic rings. The minimum absolute atomic E-state index is 0.174. The van der Waals surface area contributed by atoms with Gasteiger partial charge in [0.1, 0.15) is 0 Å². The summed E-state index contributed by atoms with van der Waals surface area (Å²) in [7, 11) is 0. The first kappa shape index (κ1) is 16.1. The highest BCUT2D eigenvalue weighted by Gasteiger charge is 2.23. The first-order chi connectivity index (χ1) is 8.34. The second kappa shape index (κ2) is 7.00. The summed E-state index contributed by atoms with van der Waals surface area (Å²) in [6.07, 6.45) is 0.941. The van der Waals surface area contributed by atoms with Crippen LogP contribution in [0.2, 0.25) is 10.0 Å².